The van der Waals surface area contributed by atoms with E-state index in [9.17, 15) is 4.79 Å². The highest BCUT2D eigenvalue weighted by molar-refractivity contribution is 7.13. The van der Waals surface area contributed by atoms with Crippen molar-refractivity contribution in [3.63, 3.8) is 0 Å². The van der Waals surface area contributed by atoms with Crippen molar-refractivity contribution in [1.82, 2.24) is 9.97 Å². The number of hydrogen-bond acceptors (Lipinski definition) is 5. The Morgan fingerprint density at radius 1 is 1.53 bits per heavy atom. The fraction of sp³-hybridized carbons (Fsp3) is 0.364. The van der Waals surface area contributed by atoms with E-state index in [-0.39, 0.29) is 17.6 Å². The third-order valence-corrected chi connectivity index (χ3v) is 3.06. The molecule has 0 saturated heterocycles. The van der Waals surface area contributed by atoms with Crippen LogP contribution in [0.3, 0.4) is 0 Å². The Kier molecular flexibility index (Phi) is 3.23. The molecule has 6 heteroatoms. The van der Waals surface area contributed by atoms with Gasteiger partial charge in [0.15, 0.2) is 11.5 Å². The highest BCUT2D eigenvalue weighted by Crippen LogP contribution is 2.20. The summed E-state index contributed by atoms with van der Waals surface area (Å²) in [6.07, 6.45) is 1.29. The van der Waals surface area contributed by atoms with E-state index in [0.29, 0.717) is 10.8 Å². The molecular formula is C11H13N3O2S. The van der Waals surface area contributed by atoms with Crippen LogP contribution >= 0.6 is 11.3 Å². The van der Waals surface area contributed by atoms with Gasteiger partial charge in [-0.2, -0.15) is 0 Å². The van der Waals surface area contributed by atoms with E-state index >= 15 is 0 Å². The molecule has 2 aromatic rings. The molecule has 0 atom stereocenters. The van der Waals surface area contributed by atoms with Gasteiger partial charge in [-0.1, -0.05) is 13.8 Å². The number of aryl methyl sites for hydroxylation is 1. The molecule has 0 fully saturated rings. The molecule has 1 amide bonds. The molecule has 0 radical (unpaired) electrons. The standard InChI is InChI=1S/C11H13N3O2S/c1-6(2)8-9(16-5-12-8)10(15)14-11-13-7(3)4-17-11/h4-6H,1-3H3,(H,13,14,15). The van der Waals surface area contributed by atoms with Crippen molar-refractivity contribution in [2.24, 2.45) is 0 Å². The van der Waals surface area contributed by atoms with E-state index in [0.717, 1.165) is 5.69 Å². The van der Waals surface area contributed by atoms with Crippen LogP contribution in [0.2, 0.25) is 0 Å². The Bertz CT molecular complexity index is 530. The van der Waals surface area contributed by atoms with Gasteiger partial charge in [0.05, 0.1) is 11.4 Å². The van der Waals surface area contributed by atoms with Crippen molar-refractivity contribution in [3.8, 4) is 0 Å². The van der Waals surface area contributed by atoms with Crippen LogP contribution in [0.15, 0.2) is 16.2 Å². The van der Waals surface area contributed by atoms with E-state index < -0.39 is 0 Å². The first kappa shape index (κ1) is 11.8. The lowest BCUT2D eigenvalue weighted by molar-refractivity contribution is 0.0995. The zero-order valence-electron chi connectivity index (χ0n) is 9.85. The number of nitrogens with zero attached hydrogens (tertiary/aromatic N) is 2. The Balaban J connectivity index is 2.17. The third-order valence-electron chi connectivity index (χ3n) is 2.19. The number of aromatic nitrogens is 2. The van der Waals surface area contributed by atoms with E-state index in [4.69, 9.17) is 4.42 Å². The maximum Gasteiger partial charge on any atom is 0.295 e. The van der Waals surface area contributed by atoms with Crippen LogP contribution in [-0.4, -0.2) is 15.9 Å². The molecule has 17 heavy (non-hydrogen) atoms. The highest BCUT2D eigenvalue weighted by atomic mass is 32.1. The number of carbonyl (C=O) groups is 1. The lowest BCUT2D eigenvalue weighted by Gasteiger charge is -2.03. The minimum atomic E-state index is -0.305. The van der Waals surface area contributed by atoms with Gasteiger partial charge in [-0.15, -0.1) is 11.3 Å². The minimum absolute atomic E-state index is 0.146. The lowest BCUT2D eigenvalue weighted by atomic mass is 10.1. The Morgan fingerprint density at radius 3 is 2.88 bits per heavy atom. The van der Waals surface area contributed by atoms with E-state index in [1.807, 2.05) is 26.2 Å². The van der Waals surface area contributed by atoms with Gasteiger partial charge in [-0.25, -0.2) is 9.97 Å². The zero-order valence-corrected chi connectivity index (χ0v) is 10.7. The Labute approximate surface area is 103 Å². The largest absolute Gasteiger partial charge is 0.438 e. The van der Waals surface area contributed by atoms with Gasteiger partial charge in [-0.3, -0.25) is 10.1 Å². The van der Waals surface area contributed by atoms with E-state index in [1.165, 1.54) is 17.7 Å². The summed E-state index contributed by atoms with van der Waals surface area (Å²) in [5, 5.41) is 5.14. The highest BCUT2D eigenvalue weighted by Gasteiger charge is 2.20. The first-order chi connectivity index (χ1) is 8.08. The second-order valence-electron chi connectivity index (χ2n) is 3.97. The number of amides is 1. The van der Waals surface area contributed by atoms with Crippen molar-refractivity contribution < 1.29 is 9.21 Å². The number of rotatable bonds is 3. The third kappa shape index (κ3) is 2.52. The van der Waals surface area contributed by atoms with E-state index in [2.05, 4.69) is 15.3 Å². The molecule has 0 aliphatic rings. The average molecular weight is 251 g/mol. The summed E-state index contributed by atoms with van der Waals surface area (Å²) >= 11 is 1.38. The smallest absolute Gasteiger partial charge is 0.295 e. The molecule has 5 nitrogen and oxygen atoms in total. The van der Waals surface area contributed by atoms with Crippen LogP contribution in [0.1, 0.15) is 41.7 Å². The average Bonchev–Trinajstić information content (AvgIpc) is 2.86. The molecule has 0 spiro atoms. The second kappa shape index (κ2) is 4.67. The van der Waals surface area contributed by atoms with Crippen molar-refractivity contribution in [2.75, 3.05) is 5.32 Å². The molecule has 0 aromatic carbocycles. The number of oxazole rings is 1. The first-order valence-corrected chi connectivity index (χ1v) is 6.12. The van der Waals surface area contributed by atoms with Crippen molar-refractivity contribution in [1.29, 1.82) is 0 Å². The van der Waals surface area contributed by atoms with Gasteiger partial charge in [0.25, 0.3) is 5.91 Å². The summed E-state index contributed by atoms with van der Waals surface area (Å²) in [6, 6.07) is 0. The zero-order chi connectivity index (χ0) is 12.4. The topological polar surface area (TPSA) is 68.0 Å². The molecule has 0 bridgehead atoms. The fourth-order valence-corrected chi connectivity index (χ4v) is 2.08. The summed E-state index contributed by atoms with van der Waals surface area (Å²) < 4.78 is 5.12. The summed E-state index contributed by atoms with van der Waals surface area (Å²) in [7, 11) is 0. The van der Waals surface area contributed by atoms with Crippen molar-refractivity contribution in [3.05, 3.63) is 28.9 Å². The van der Waals surface area contributed by atoms with E-state index in [1.54, 1.807) is 0 Å². The van der Waals surface area contributed by atoms with Gasteiger partial charge >= 0.3 is 0 Å². The van der Waals surface area contributed by atoms with Gasteiger partial charge in [-0.05, 0) is 12.8 Å². The molecule has 2 rings (SSSR count). The number of nitrogens with one attached hydrogen (secondary N) is 1. The van der Waals surface area contributed by atoms with Crippen LogP contribution in [0.25, 0.3) is 0 Å². The number of hydrogen-bond donors (Lipinski definition) is 1. The lowest BCUT2D eigenvalue weighted by Crippen LogP contribution is -2.13. The summed E-state index contributed by atoms with van der Waals surface area (Å²) in [6.45, 7) is 5.80. The monoisotopic (exact) mass is 251 g/mol. The molecule has 90 valence electrons. The number of thiazole rings is 1. The quantitative estimate of drug-likeness (QED) is 0.910. The van der Waals surface area contributed by atoms with Crippen LogP contribution in [-0.2, 0) is 0 Å². The Morgan fingerprint density at radius 2 is 2.29 bits per heavy atom. The SMILES string of the molecule is Cc1csc(NC(=O)c2ocnc2C(C)C)n1. The van der Waals surface area contributed by atoms with Crippen LogP contribution in [0.4, 0.5) is 5.13 Å². The van der Waals surface area contributed by atoms with Crippen LogP contribution in [0.5, 0.6) is 0 Å². The molecular weight excluding hydrogens is 238 g/mol. The summed E-state index contributed by atoms with van der Waals surface area (Å²) in [4.78, 5) is 20.1. The molecule has 0 aliphatic heterocycles. The molecule has 2 aromatic heterocycles. The maximum absolute atomic E-state index is 11.9. The summed E-state index contributed by atoms with van der Waals surface area (Å²) in [5.74, 6) is 0.0981. The summed E-state index contributed by atoms with van der Waals surface area (Å²) in [5.41, 5.74) is 1.54. The molecule has 1 N–H and O–H groups in total. The number of anilines is 1. The maximum atomic E-state index is 11.9. The van der Waals surface area contributed by atoms with Crippen molar-refractivity contribution >= 4 is 22.4 Å². The van der Waals surface area contributed by atoms with Crippen LogP contribution in [0, 0.1) is 6.92 Å². The van der Waals surface area contributed by atoms with Gasteiger partial charge in [0, 0.05) is 5.38 Å². The van der Waals surface area contributed by atoms with Crippen molar-refractivity contribution in [2.45, 2.75) is 26.7 Å². The van der Waals surface area contributed by atoms with Gasteiger partial charge in [0.2, 0.25) is 5.76 Å². The van der Waals surface area contributed by atoms with Gasteiger partial charge in [0.1, 0.15) is 0 Å². The molecule has 0 saturated carbocycles. The van der Waals surface area contributed by atoms with Gasteiger partial charge < -0.3 is 4.42 Å². The minimum Gasteiger partial charge on any atom is -0.438 e. The predicted molar refractivity (Wildman–Crippen MR) is 65.4 cm³/mol. The Hall–Kier alpha value is -1.69. The fourth-order valence-electron chi connectivity index (χ4n) is 1.40. The normalized spacial score (nSPS) is 10.8. The van der Waals surface area contributed by atoms with Crippen LogP contribution < -0.4 is 5.32 Å². The first-order valence-electron chi connectivity index (χ1n) is 5.24. The second-order valence-corrected chi connectivity index (χ2v) is 4.83. The predicted octanol–water partition coefficient (Wildman–Crippen LogP) is 2.82. The molecule has 0 aliphatic carbocycles. The number of carbonyl (C=O) groups excluding carboxylic acids is 1. The molecule has 0 unspecified atom stereocenters. The molecule has 2 heterocycles.